The van der Waals surface area contributed by atoms with Crippen molar-refractivity contribution in [1.29, 1.82) is 0 Å². The van der Waals surface area contributed by atoms with Crippen molar-refractivity contribution < 1.29 is 39.5 Å². The Labute approximate surface area is 169 Å². The minimum atomic E-state index is -0.971. The molecule has 0 aromatic carbocycles. The topological polar surface area (TPSA) is 154 Å². The third-order valence-electron chi connectivity index (χ3n) is 4.65. The number of aliphatic carboxylic acids is 2. The molecule has 0 aliphatic carbocycles. The zero-order chi connectivity index (χ0) is 21.6. The summed E-state index contributed by atoms with van der Waals surface area (Å²) >= 11 is 0. The zero-order valence-corrected chi connectivity index (χ0v) is 16.6. The average Bonchev–Trinajstić information content (AvgIpc) is 2.66. The number of carboxylic acids is 2. The number of carboxylic acid groups (broad SMARTS) is 2. The van der Waals surface area contributed by atoms with E-state index < -0.39 is 18.0 Å². The highest BCUT2D eigenvalue weighted by atomic mass is 16.5. The third kappa shape index (κ3) is 11.7. The molecule has 1 aliphatic heterocycles. The smallest absolute Gasteiger partial charge is 0.317 e. The van der Waals surface area contributed by atoms with Gasteiger partial charge in [0, 0.05) is 58.9 Å². The number of carbonyl (C=O) groups excluding carboxylic acids is 1. The fourth-order valence-corrected chi connectivity index (χ4v) is 3.08. The van der Waals surface area contributed by atoms with Crippen molar-refractivity contribution >= 4 is 18.4 Å². The van der Waals surface area contributed by atoms with Gasteiger partial charge in [-0.3, -0.25) is 34.0 Å². The molecule has 12 nitrogen and oxygen atoms in total. The summed E-state index contributed by atoms with van der Waals surface area (Å²) in [4.78, 5) is 40.1. The molecule has 4 N–H and O–H groups in total. The highest BCUT2D eigenvalue weighted by molar-refractivity contribution is 5.69. The first-order valence-electron chi connectivity index (χ1n) is 9.51. The van der Waals surface area contributed by atoms with Crippen LogP contribution in [0, 0.1) is 0 Å². The minimum Gasteiger partial charge on any atom is -0.480 e. The van der Waals surface area contributed by atoms with Crippen LogP contribution in [0.5, 0.6) is 0 Å². The monoisotopic (exact) mass is 420 g/mol. The Morgan fingerprint density at radius 3 is 1.62 bits per heavy atom. The Balaban J connectivity index is 2.88. The minimum absolute atomic E-state index is 0.0615. The van der Waals surface area contributed by atoms with Crippen LogP contribution >= 0.6 is 0 Å². The molecule has 1 aliphatic rings. The van der Waals surface area contributed by atoms with E-state index in [0.29, 0.717) is 58.8 Å². The molecular weight excluding hydrogens is 388 g/mol. The number of aliphatic hydroxyl groups excluding tert-OH is 2. The lowest BCUT2D eigenvalue weighted by atomic mass is 10.3. The van der Waals surface area contributed by atoms with Gasteiger partial charge in [0.15, 0.2) is 0 Å². The lowest BCUT2D eigenvalue weighted by Gasteiger charge is -2.33. The average molecular weight is 420 g/mol. The van der Waals surface area contributed by atoms with E-state index in [2.05, 4.69) is 0 Å². The van der Waals surface area contributed by atoms with Crippen molar-refractivity contribution in [3.05, 3.63) is 0 Å². The zero-order valence-electron chi connectivity index (χ0n) is 16.6. The maximum atomic E-state index is 11.2. The summed E-state index contributed by atoms with van der Waals surface area (Å²) in [6, 6.07) is 0. The Morgan fingerprint density at radius 2 is 1.24 bits per heavy atom. The van der Waals surface area contributed by atoms with Crippen LogP contribution in [0.25, 0.3) is 0 Å². The molecule has 12 heteroatoms. The number of hydrogen-bond donors (Lipinski definition) is 4. The van der Waals surface area contributed by atoms with Crippen LogP contribution in [0.4, 0.5) is 0 Å². The van der Waals surface area contributed by atoms with Gasteiger partial charge in [-0.25, -0.2) is 0 Å². The first-order chi connectivity index (χ1) is 13.8. The Hall–Kier alpha value is -1.83. The number of hydrogen-bond acceptors (Lipinski definition) is 10. The molecule has 1 atom stereocenters. The van der Waals surface area contributed by atoms with Crippen molar-refractivity contribution in [2.45, 2.75) is 6.10 Å². The number of ether oxygens (including phenoxy) is 1. The van der Waals surface area contributed by atoms with E-state index in [0.717, 1.165) is 0 Å². The van der Waals surface area contributed by atoms with E-state index in [-0.39, 0.29) is 33.0 Å². The Morgan fingerprint density at radius 1 is 0.828 bits per heavy atom. The summed E-state index contributed by atoms with van der Waals surface area (Å²) in [7, 11) is 0. The third-order valence-corrected chi connectivity index (χ3v) is 4.65. The fourth-order valence-electron chi connectivity index (χ4n) is 3.08. The molecule has 1 rings (SSSR count). The van der Waals surface area contributed by atoms with Gasteiger partial charge in [-0.05, 0) is 0 Å². The van der Waals surface area contributed by atoms with Crippen molar-refractivity contribution in [2.24, 2.45) is 0 Å². The second-order valence-corrected chi connectivity index (χ2v) is 6.99. The number of nitrogens with zero attached hydrogens (tertiary/aromatic N) is 4. The van der Waals surface area contributed by atoms with Crippen molar-refractivity contribution in [1.82, 2.24) is 19.6 Å². The second-order valence-electron chi connectivity index (χ2n) is 6.99. The van der Waals surface area contributed by atoms with Crippen molar-refractivity contribution in [2.75, 3.05) is 85.3 Å². The summed E-state index contributed by atoms with van der Waals surface area (Å²) in [5.41, 5.74) is 0. The number of β-amino-alcohol motifs (C(OH)–C–C–N with tert-alkyl or cyclic N) is 1. The molecule has 0 aromatic heterocycles. The molecule has 168 valence electrons. The molecule has 0 bridgehead atoms. The highest BCUT2D eigenvalue weighted by Crippen LogP contribution is 2.02. The summed E-state index contributed by atoms with van der Waals surface area (Å²) in [5.74, 6) is -1.94. The van der Waals surface area contributed by atoms with E-state index >= 15 is 0 Å². The maximum Gasteiger partial charge on any atom is 0.317 e. The van der Waals surface area contributed by atoms with Gasteiger partial charge in [0.05, 0.1) is 25.8 Å². The van der Waals surface area contributed by atoms with Gasteiger partial charge in [-0.15, -0.1) is 0 Å². The largest absolute Gasteiger partial charge is 0.480 e. The van der Waals surface area contributed by atoms with Crippen molar-refractivity contribution in [3.8, 4) is 0 Å². The predicted octanol–water partition coefficient (Wildman–Crippen LogP) is -3.14. The highest BCUT2D eigenvalue weighted by Gasteiger charge is 2.20. The molecule has 0 saturated carbocycles. The molecule has 0 spiro atoms. The van der Waals surface area contributed by atoms with Crippen LogP contribution < -0.4 is 0 Å². The first-order valence-corrected chi connectivity index (χ1v) is 9.51. The molecule has 1 heterocycles. The van der Waals surface area contributed by atoms with E-state index in [1.54, 1.807) is 9.80 Å². The standard InChI is InChI=1S/C17H32N4O8/c22-12-15(24)9-18-1-2-19(10-16(25)26)3-4-20(11-17(27)28)6-8-21(7-5-18)13-29-14-23/h14-15,22,24H,1-13H2,(H,25,26)(H,27,28). The van der Waals surface area contributed by atoms with Crippen LogP contribution in [0.15, 0.2) is 0 Å². The van der Waals surface area contributed by atoms with Crippen LogP contribution in [0.2, 0.25) is 0 Å². The number of rotatable bonds is 10. The van der Waals surface area contributed by atoms with Gasteiger partial charge in [0.25, 0.3) is 6.47 Å². The van der Waals surface area contributed by atoms with E-state index in [1.807, 2.05) is 9.80 Å². The number of carbonyl (C=O) groups is 3. The Bertz CT molecular complexity index is 510. The van der Waals surface area contributed by atoms with E-state index in [9.17, 15) is 19.5 Å². The summed E-state index contributed by atoms with van der Waals surface area (Å²) in [6.07, 6.45) is -0.915. The van der Waals surface area contributed by atoms with Crippen LogP contribution in [0.1, 0.15) is 0 Å². The SMILES string of the molecule is O=COCN1CCN(CC(=O)O)CCN(CC(=O)O)CCN(CC(O)CO)CC1. The lowest BCUT2D eigenvalue weighted by molar-refractivity contribution is -0.140. The molecule has 0 radical (unpaired) electrons. The van der Waals surface area contributed by atoms with Gasteiger partial charge in [0.2, 0.25) is 0 Å². The van der Waals surface area contributed by atoms with Crippen LogP contribution in [-0.4, -0.2) is 150 Å². The molecule has 29 heavy (non-hydrogen) atoms. The van der Waals surface area contributed by atoms with Gasteiger partial charge in [0.1, 0.15) is 6.73 Å². The summed E-state index contributed by atoms with van der Waals surface area (Å²) in [6.45, 7) is 3.41. The molecule has 0 amide bonds. The lowest BCUT2D eigenvalue weighted by Crippen LogP contribution is -2.49. The predicted molar refractivity (Wildman–Crippen MR) is 101 cm³/mol. The summed E-state index contributed by atoms with van der Waals surface area (Å²) in [5, 5.41) is 37.2. The van der Waals surface area contributed by atoms with E-state index in [1.165, 1.54) is 0 Å². The molecule has 0 aromatic rings. The van der Waals surface area contributed by atoms with Gasteiger partial charge in [-0.2, -0.15) is 0 Å². The second kappa shape index (κ2) is 14.2. The van der Waals surface area contributed by atoms with E-state index in [4.69, 9.17) is 20.1 Å². The van der Waals surface area contributed by atoms with Gasteiger partial charge >= 0.3 is 11.9 Å². The molecule has 1 fully saturated rings. The van der Waals surface area contributed by atoms with Gasteiger partial charge in [-0.1, -0.05) is 0 Å². The van der Waals surface area contributed by atoms with Gasteiger partial charge < -0.3 is 25.2 Å². The molecular formula is C17H32N4O8. The fraction of sp³-hybridized carbons (Fsp3) is 0.824. The normalized spacial score (nSPS) is 20.3. The number of aliphatic hydroxyl groups is 2. The van der Waals surface area contributed by atoms with Crippen LogP contribution in [0.3, 0.4) is 0 Å². The summed E-state index contributed by atoms with van der Waals surface area (Å²) < 4.78 is 4.84. The van der Waals surface area contributed by atoms with Crippen LogP contribution in [-0.2, 0) is 19.1 Å². The Kier molecular flexibility index (Phi) is 12.3. The maximum absolute atomic E-state index is 11.2. The van der Waals surface area contributed by atoms with Crippen molar-refractivity contribution in [3.63, 3.8) is 0 Å². The first kappa shape index (κ1) is 25.2. The molecule has 1 unspecified atom stereocenters. The quantitative estimate of drug-likeness (QED) is 0.264. The molecule has 1 saturated heterocycles.